The van der Waals surface area contributed by atoms with Crippen molar-refractivity contribution in [2.45, 2.75) is 38.1 Å². The number of amides is 1. The Labute approximate surface area is 85.6 Å². The molecular formula is C10H21N3O. The Morgan fingerprint density at radius 2 is 2.14 bits per heavy atom. The topological polar surface area (TPSA) is 72.3 Å². The fraction of sp³-hybridized carbons (Fsp3) is 0.900. The van der Waals surface area contributed by atoms with E-state index in [-0.39, 0.29) is 11.9 Å². The van der Waals surface area contributed by atoms with Crippen LogP contribution in [-0.4, -0.2) is 36.5 Å². The van der Waals surface area contributed by atoms with Crippen LogP contribution in [0.3, 0.4) is 0 Å². The summed E-state index contributed by atoms with van der Waals surface area (Å²) in [4.78, 5) is 13.4. The first kappa shape index (κ1) is 11.5. The smallest absolute Gasteiger partial charge is 0.234 e. The van der Waals surface area contributed by atoms with E-state index in [1.165, 1.54) is 6.42 Å². The third-order valence-electron chi connectivity index (χ3n) is 2.84. The summed E-state index contributed by atoms with van der Waals surface area (Å²) in [6, 6.07) is -0.0264. The van der Waals surface area contributed by atoms with E-state index in [1.54, 1.807) is 0 Å². The average molecular weight is 199 g/mol. The van der Waals surface area contributed by atoms with Crippen LogP contribution in [0, 0.1) is 0 Å². The predicted molar refractivity (Wildman–Crippen MR) is 56.7 cm³/mol. The predicted octanol–water partition coefficient (Wildman–Crippen LogP) is 0.0651. The Morgan fingerprint density at radius 1 is 1.36 bits per heavy atom. The number of nitrogens with zero attached hydrogens (tertiary/aromatic N) is 1. The highest BCUT2D eigenvalue weighted by Crippen LogP contribution is 2.16. The van der Waals surface area contributed by atoms with Gasteiger partial charge in [-0.15, -0.1) is 0 Å². The van der Waals surface area contributed by atoms with E-state index in [0.29, 0.717) is 0 Å². The van der Waals surface area contributed by atoms with E-state index in [0.717, 1.165) is 45.3 Å². The maximum absolute atomic E-state index is 11.2. The van der Waals surface area contributed by atoms with Crippen LogP contribution in [0.1, 0.15) is 32.1 Å². The number of rotatable bonds is 5. The zero-order chi connectivity index (χ0) is 10.4. The van der Waals surface area contributed by atoms with Gasteiger partial charge in [0.25, 0.3) is 0 Å². The molecule has 0 radical (unpaired) electrons. The van der Waals surface area contributed by atoms with Crippen LogP contribution < -0.4 is 11.5 Å². The van der Waals surface area contributed by atoms with Gasteiger partial charge in [-0.05, 0) is 45.3 Å². The van der Waals surface area contributed by atoms with Gasteiger partial charge < -0.3 is 11.5 Å². The van der Waals surface area contributed by atoms with Crippen LogP contribution >= 0.6 is 0 Å². The number of hydrogen-bond acceptors (Lipinski definition) is 3. The molecule has 1 aliphatic heterocycles. The molecule has 1 saturated heterocycles. The molecule has 0 spiro atoms. The molecule has 1 heterocycles. The molecule has 0 aromatic rings. The highest BCUT2D eigenvalue weighted by molar-refractivity contribution is 5.79. The van der Waals surface area contributed by atoms with Crippen molar-refractivity contribution in [1.82, 2.24) is 4.90 Å². The molecule has 1 unspecified atom stereocenters. The second-order valence-electron chi connectivity index (χ2n) is 3.95. The first-order valence-electron chi connectivity index (χ1n) is 5.49. The van der Waals surface area contributed by atoms with Crippen LogP contribution in [-0.2, 0) is 4.79 Å². The maximum Gasteiger partial charge on any atom is 0.234 e. The third kappa shape index (κ3) is 3.27. The zero-order valence-electron chi connectivity index (χ0n) is 8.74. The van der Waals surface area contributed by atoms with Gasteiger partial charge >= 0.3 is 0 Å². The summed E-state index contributed by atoms with van der Waals surface area (Å²) in [5, 5.41) is 0. The van der Waals surface area contributed by atoms with Crippen molar-refractivity contribution in [3.63, 3.8) is 0 Å². The van der Waals surface area contributed by atoms with E-state index in [2.05, 4.69) is 4.90 Å². The maximum atomic E-state index is 11.2. The normalized spacial score (nSPS) is 23.6. The van der Waals surface area contributed by atoms with Crippen molar-refractivity contribution in [3.8, 4) is 0 Å². The monoisotopic (exact) mass is 199 g/mol. The molecule has 0 bridgehead atoms. The van der Waals surface area contributed by atoms with Crippen molar-refractivity contribution in [1.29, 1.82) is 0 Å². The molecular weight excluding hydrogens is 178 g/mol. The number of likely N-dealkylation sites (tertiary alicyclic amines) is 1. The van der Waals surface area contributed by atoms with E-state index >= 15 is 0 Å². The molecule has 0 aromatic carbocycles. The molecule has 1 aliphatic rings. The fourth-order valence-electron chi connectivity index (χ4n) is 2.04. The van der Waals surface area contributed by atoms with Gasteiger partial charge in [0.15, 0.2) is 0 Å². The summed E-state index contributed by atoms with van der Waals surface area (Å²) in [6.07, 6.45) is 5.34. The van der Waals surface area contributed by atoms with Crippen molar-refractivity contribution in [2.75, 3.05) is 19.6 Å². The Morgan fingerprint density at radius 3 is 2.79 bits per heavy atom. The second-order valence-corrected chi connectivity index (χ2v) is 3.95. The standard InChI is InChI=1S/C10H21N3O/c11-6-2-4-8-13-7-3-1-5-9(13)10(12)14/h9H,1-8,11H2,(H2,12,14). The van der Waals surface area contributed by atoms with Gasteiger partial charge in [-0.2, -0.15) is 0 Å². The summed E-state index contributed by atoms with van der Waals surface area (Å²) in [5.41, 5.74) is 10.8. The van der Waals surface area contributed by atoms with Crippen molar-refractivity contribution in [3.05, 3.63) is 0 Å². The summed E-state index contributed by atoms with van der Waals surface area (Å²) in [5.74, 6) is -0.169. The lowest BCUT2D eigenvalue weighted by atomic mass is 10.0. The molecule has 1 rings (SSSR count). The van der Waals surface area contributed by atoms with E-state index in [1.807, 2.05) is 0 Å². The van der Waals surface area contributed by atoms with Gasteiger partial charge in [0.05, 0.1) is 6.04 Å². The van der Waals surface area contributed by atoms with Gasteiger partial charge in [-0.3, -0.25) is 9.69 Å². The number of piperidine rings is 1. The first-order valence-corrected chi connectivity index (χ1v) is 5.49. The van der Waals surface area contributed by atoms with Gasteiger partial charge in [-0.25, -0.2) is 0 Å². The minimum atomic E-state index is -0.169. The van der Waals surface area contributed by atoms with Crippen molar-refractivity contribution < 1.29 is 4.79 Å². The SMILES string of the molecule is NCCCCN1CCCCC1C(N)=O. The zero-order valence-corrected chi connectivity index (χ0v) is 8.74. The summed E-state index contributed by atoms with van der Waals surface area (Å²) in [7, 11) is 0. The van der Waals surface area contributed by atoms with Crippen LogP contribution in [0.5, 0.6) is 0 Å². The Kier molecular flexibility index (Phi) is 4.90. The minimum Gasteiger partial charge on any atom is -0.368 e. The molecule has 4 nitrogen and oxygen atoms in total. The molecule has 14 heavy (non-hydrogen) atoms. The molecule has 0 saturated carbocycles. The van der Waals surface area contributed by atoms with E-state index in [4.69, 9.17) is 11.5 Å². The van der Waals surface area contributed by atoms with Crippen LogP contribution in [0.4, 0.5) is 0 Å². The Balaban J connectivity index is 2.34. The van der Waals surface area contributed by atoms with E-state index < -0.39 is 0 Å². The average Bonchev–Trinajstić information content (AvgIpc) is 2.19. The lowest BCUT2D eigenvalue weighted by Crippen LogP contribution is -2.47. The fourth-order valence-corrected chi connectivity index (χ4v) is 2.04. The van der Waals surface area contributed by atoms with E-state index in [9.17, 15) is 4.79 Å². The number of hydrogen-bond donors (Lipinski definition) is 2. The van der Waals surface area contributed by atoms with Crippen LogP contribution in [0.15, 0.2) is 0 Å². The Hall–Kier alpha value is -0.610. The summed E-state index contributed by atoms with van der Waals surface area (Å²) in [6.45, 7) is 2.71. The summed E-state index contributed by atoms with van der Waals surface area (Å²) < 4.78 is 0. The molecule has 0 aliphatic carbocycles. The van der Waals surface area contributed by atoms with Gasteiger partial charge in [0.1, 0.15) is 0 Å². The number of nitrogens with two attached hydrogens (primary N) is 2. The van der Waals surface area contributed by atoms with Crippen molar-refractivity contribution >= 4 is 5.91 Å². The molecule has 82 valence electrons. The number of unbranched alkanes of at least 4 members (excludes halogenated alkanes) is 1. The van der Waals surface area contributed by atoms with Gasteiger partial charge in [0.2, 0.25) is 5.91 Å². The van der Waals surface area contributed by atoms with Crippen LogP contribution in [0.25, 0.3) is 0 Å². The molecule has 1 amide bonds. The lowest BCUT2D eigenvalue weighted by molar-refractivity contribution is -0.124. The first-order chi connectivity index (χ1) is 6.75. The molecule has 4 N–H and O–H groups in total. The number of primary amides is 1. The molecule has 4 heteroatoms. The molecule has 1 fully saturated rings. The number of carbonyl (C=O) groups is 1. The van der Waals surface area contributed by atoms with Gasteiger partial charge in [0, 0.05) is 0 Å². The molecule has 0 aromatic heterocycles. The van der Waals surface area contributed by atoms with Crippen LogP contribution in [0.2, 0.25) is 0 Å². The highest BCUT2D eigenvalue weighted by Gasteiger charge is 2.25. The third-order valence-corrected chi connectivity index (χ3v) is 2.84. The number of carbonyl (C=O) groups excluding carboxylic acids is 1. The van der Waals surface area contributed by atoms with Gasteiger partial charge in [-0.1, -0.05) is 6.42 Å². The summed E-state index contributed by atoms with van der Waals surface area (Å²) >= 11 is 0. The Bertz CT molecular complexity index is 184. The quantitative estimate of drug-likeness (QED) is 0.615. The van der Waals surface area contributed by atoms with Crippen molar-refractivity contribution in [2.24, 2.45) is 11.5 Å². The highest BCUT2D eigenvalue weighted by atomic mass is 16.1. The molecule has 1 atom stereocenters. The second kappa shape index (κ2) is 5.98. The minimum absolute atomic E-state index is 0.0264. The largest absolute Gasteiger partial charge is 0.368 e. The lowest BCUT2D eigenvalue weighted by Gasteiger charge is -2.33.